The lowest BCUT2D eigenvalue weighted by Gasteiger charge is -2.49. The van der Waals surface area contributed by atoms with Crippen molar-refractivity contribution in [3.8, 4) is 5.88 Å². The van der Waals surface area contributed by atoms with Crippen LogP contribution in [-0.4, -0.2) is 114 Å². The summed E-state index contributed by atoms with van der Waals surface area (Å²) in [7, 11) is 0. The van der Waals surface area contributed by atoms with E-state index in [0.29, 0.717) is 63.5 Å². The van der Waals surface area contributed by atoms with E-state index in [1.165, 1.54) is 0 Å². The van der Waals surface area contributed by atoms with Gasteiger partial charge in [-0.3, -0.25) is 24.7 Å². The molecule has 284 valence electrons. The molecule has 5 aliphatic heterocycles. The fraction of sp³-hybridized carbons (Fsp3) is 0.400. The van der Waals surface area contributed by atoms with E-state index >= 15 is 0 Å². The summed E-state index contributed by atoms with van der Waals surface area (Å²) in [5.74, 6) is 1.12. The number of hydrogen-bond donors (Lipinski definition) is 3. The molecular weight excluding hydrogens is 699 g/mol. The normalized spacial score (nSPS) is 18.8. The molecule has 0 bridgehead atoms. The smallest absolute Gasteiger partial charge is 0.328 e. The van der Waals surface area contributed by atoms with Crippen molar-refractivity contribution in [2.45, 2.75) is 38.8 Å². The maximum absolute atomic E-state index is 13.3. The van der Waals surface area contributed by atoms with Crippen molar-refractivity contribution in [1.82, 2.24) is 30.1 Å². The molecular formula is C40H45N11O4. The van der Waals surface area contributed by atoms with Gasteiger partial charge in [0.25, 0.3) is 0 Å². The van der Waals surface area contributed by atoms with Gasteiger partial charge in [-0.05, 0) is 54.8 Å². The van der Waals surface area contributed by atoms with E-state index in [1.54, 1.807) is 4.90 Å². The van der Waals surface area contributed by atoms with Gasteiger partial charge < -0.3 is 30.1 Å². The van der Waals surface area contributed by atoms with Crippen LogP contribution in [0.5, 0.6) is 5.88 Å². The fourth-order valence-corrected chi connectivity index (χ4v) is 8.12. The Kier molecular flexibility index (Phi) is 9.30. The summed E-state index contributed by atoms with van der Waals surface area (Å²) in [6.07, 6.45) is 5.34. The van der Waals surface area contributed by atoms with Gasteiger partial charge in [0, 0.05) is 100 Å². The highest BCUT2D eigenvalue weighted by molar-refractivity contribution is 6.05. The zero-order valence-corrected chi connectivity index (χ0v) is 31.0. The van der Waals surface area contributed by atoms with E-state index in [4.69, 9.17) is 9.72 Å². The Balaban J connectivity index is 0.741. The first-order valence-corrected chi connectivity index (χ1v) is 19.1. The monoisotopic (exact) mass is 743 g/mol. The Bertz CT molecular complexity index is 2110. The van der Waals surface area contributed by atoms with Gasteiger partial charge in [-0.1, -0.05) is 18.2 Å². The molecule has 4 aromatic rings. The molecule has 4 amide bonds. The van der Waals surface area contributed by atoms with Gasteiger partial charge in [0.05, 0.1) is 30.5 Å². The topological polar surface area (TPSA) is 151 Å². The molecule has 0 atom stereocenters. The zero-order valence-electron chi connectivity index (χ0n) is 31.0. The minimum Gasteiger partial charge on any atom is -0.474 e. The Morgan fingerprint density at radius 1 is 0.927 bits per heavy atom. The quantitative estimate of drug-likeness (QED) is 0.243. The highest BCUT2D eigenvalue weighted by Gasteiger charge is 2.35. The maximum Gasteiger partial charge on any atom is 0.328 e. The Labute approximate surface area is 319 Å². The van der Waals surface area contributed by atoms with E-state index in [0.717, 1.165) is 96.5 Å². The number of piperazine rings is 1. The summed E-state index contributed by atoms with van der Waals surface area (Å²) >= 11 is 0. The van der Waals surface area contributed by atoms with Crippen LogP contribution in [-0.2, 0) is 29.0 Å². The Morgan fingerprint density at radius 2 is 1.75 bits per heavy atom. The lowest BCUT2D eigenvalue weighted by Crippen LogP contribution is -2.63. The van der Waals surface area contributed by atoms with Crippen LogP contribution in [0.1, 0.15) is 28.8 Å². The number of carbonyl (C=O) groups excluding carboxylic acids is 3. The standard InChI is InChI=1S/C40H45N11O4/c1-26-34(22-42-38-37(26)41-11-18-55-38)49-12-9-28-21-43-39(45-33(28)25-49)44-29-7-5-27(6-8-29)19-36(53)48-16-14-47(15-17-48)32-23-50(24-32)30-3-2-4-31(20-30)51-13-10-35(52)46-40(51)54/h2-8,20-22,32,41H,9-19,23-25H2,1H3,(H,43,44,45)(H,46,52,54). The second kappa shape index (κ2) is 14.7. The number of pyridine rings is 1. The summed E-state index contributed by atoms with van der Waals surface area (Å²) in [5, 5.41) is 9.18. The molecule has 0 radical (unpaired) electrons. The van der Waals surface area contributed by atoms with Gasteiger partial charge >= 0.3 is 6.03 Å². The van der Waals surface area contributed by atoms with Crippen molar-refractivity contribution in [3.63, 3.8) is 0 Å². The van der Waals surface area contributed by atoms with Gasteiger partial charge in [0.1, 0.15) is 12.3 Å². The van der Waals surface area contributed by atoms with Crippen LogP contribution >= 0.6 is 0 Å². The molecule has 0 saturated carbocycles. The maximum atomic E-state index is 13.3. The molecule has 0 spiro atoms. The zero-order chi connectivity index (χ0) is 37.5. The predicted molar refractivity (Wildman–Crippen MR) is 209 cm³/mol. The van der Waals surface area contributed by atoms with Crippen molar-refractivity contribution in [2.24, 2.45) is 0 Å². The summed E-state index contributed by atoms with van der Waals surface area (Å²) in [6, 6.07) is 15.9. The number of fused-ring (bicyclic) bond motifs is 2. The molecule has 3 fully saturated rings. The third kappa shape index (κ3) is 7.19. The van der Waals surface area contributed by atoms with Gasteiger partial charge in [-0.2, -0.15) is 0 Å². The van der Waals surface area contributed by atoms with Crippen molar-refractivity contribution >= 4 is 52.2 Å². The van der Waals surface area contributed by atoms with Gasteiger partial charge in [-0.15, -0.1) is 0 Å². The molecule has 3 N–H and O–H groups in total. The number of urea groups is 1. The molecule has 3 saturated heterocycles. The van der Waals surface area contributed by atoms with Crippen LogP contribution in [0.4, 0.5) is 39.2 Å². The largest absolute Gasteiger partial charge is 0.474 e. The third-order valence-corrected chi connectivity index (χ3v) is 11.4. The molecule has 7 heterocycles. The van der Waals surface area contributed by atoms with Crippen LogP contribution in [0.2, 0.25) is 0 Å². The summed E-state index contributed by atoms with van der Waals surface area (Å²) < 4.78 is 5.72. The number of carbonyl (C=O) groups is 3. The number of rotatable bonds is 8. The van der Waals surface area contributed by atoms with Crippen molar-refractivity contribution in [2.75, 3.05) is 90.8 Å². The molecule has 2 aromatic carbocycles. The van der Waals surface area contributed by atoms with E-state index in [1.807, 2.05) is 59.8 Å². The van der Waals surface area contributed by atoms with E-state index in [9.17, 15) is 14.4 Å². The number of benzene rings is 2. The molecule has 5 aliphatic rings. The van der Waals surface area contributed by atoms with E-state index < -0.39 is 0 Å². The minimum absolute atomic E-state index is 0.145. The molecule has 15 heteroatoms. The summed E-state index contributed by atoms with van der Waals surface area (Å²) in [4.78, 5) is 61.9. The van der Waals surface area contributed by atoms with E-state index in [-0.39, 0.29) is 17.8 Å². The lowest BCUT2D eigenvalue weighted by molar-refractivity contribution is -0.132. The van der Waals surface area contributed by atoms with Crippen molar-refractivity contribution in [1.29, 1.82) is 0 Å². The van der Waals surface area contributed by atoms with Crippen molar-refractivity contribution in [3.05, 3.63) is 83.3 Å². The van der Waals surface area contributed by atoms with Crippen LogP contribution in [0.25, 0.3) is 0 Å². The van der Waals surface area contributed by atoms with Gasteiger partial charge in [-0.25, -0.2) is 19.7 Å². The number of aromatic nitrogens is 3. The third-order valence-electron chi connectivity index (χ3n) is 11.4. The molecule has 0 unspecified atom stereocenters. The average molecular weight is 744 g/mol. The average Bonchev–Trinajstić information content (AvgIpc) is 3.18. The molecule has 15 nitrogen and oxygen atoms in total. The summed E-state index contributed by atoms with van der Waals surface area (Å²) in [6.45, 7) is 10.4. The molecule has 9 rings (SSSR count). The number of ether oxygens (including phenoxy) is 1. The first-order valence-electron chi connectivity index (χ1n) is 19.1. The number of imide groups is 1. The second-order valence-electron chi connectivity index (χ2n) is 14.8. The van der Waals surface area contributed by atoms with Crippen molar-refractivity contribution < 1.29 is 19.1 Å². The van der Waals surface area contributed by atoms with E-state index in [2.05, 4.69) is 53.6 Å². The Morgan fingerprint density at radius 3 is 2.56 bits per heavy atom. The fourth-order valence-electron chi connectivity index (χ4n) is 8.12. The number of hydrogen-bond acceptors (Lipinski definition) is 12. The number of nitrogens with one attached hydrogen (secondary N) is 3. The van der Waals surface area contributed by atoms with Crippen LogP contribution in [0, 0.1) is 6.92 Å². The number of amides is 4. The highest BCUT2D eigenvalue weighted by Crippen LogP contribution is 2.36. The lowest BCUT2D eigenvalue weighted by atomic mass is 10.0. The molecule has 2 aromatic heterocycles. The predicted octanol–water partition coefficient (Wildman–Crippen LogP) is 3.31. The second-order valence-corrected chi connectivity index (χ2v) is 14.8. The first kappa shape index (κ1) is 34.8. The van der Waals surface area contributed by atoms with Crippen LogP contribution in [0.3, 0.4) is 0 Å². The molecule has 55 heavy (non-hydrogen) atoms. The Hall–Kier alpha value is -5.96. The number of anilines is 6. The highest BCUT2D eigenvalue weighted by atomic mass is 16.5. The van der Waals surface area contributed by atoms with Crippen LogP contribution < -0.4 is 35.4 Å². The van der Waals surface area contributed by atoms with Gasteiger partial charge in [0.15, 0.2) is 0 Å². The minimum atomic E-state index is -0.370. The molecule has 0 aliphatic carbocycles. The van der Waals surface area contributed by atoms with Crippen LogP contribution in [0.15, 0.2) is 60.9 Å². The van der Waals surface area contributed by atoms with Gasteiger partial charge in [0.2, 0.25) is 23.6 Å². The number of nitrogens with zero attached hydrogens (tertiary/aromatic N) is 8. The SMILES string of the molecule is Cc1c(N2CCc3cnc(Nc4ccc(CC(=O)N5CCN(C6CN(c7cccc(N8CCC(=O)NC8=O)c7)C6)CC5)cc4)nc3C2)cnc2c1NCCO2. The summed E-state index contributed by atoms with van der Waals surface area (Å²) in [5.41, 5.74) is 9.05. The first-order chi connectivity index (χ1) is 26.8.